The van der Waals surface area contributed by atoms with E-state index in [0.29, 0.717) is 0 Å². The second-order valence-corrected chi connectivity index (χ2v) is 0.610. The summed E-state index contributed by atoms with van der Waals surface area (Å²) < 4.78 is 0. The molecular formula is C2H6CoFeMnO6V. The maximum Gasteiger partial charge on any atom is 0.414 e. The minimum absolute atomic E-state index is 0. The molecule has 0 rings (SSSR count). The van der Waals surface area contributed by atoms with Crippen LogP contribution in [-0.2, 0) is 79.1 Å². The van der Waals surface area contributed by atoms with Gasteiger partial charge in [0.15, 0.2) is 0 Å². The maximum atomic E-state index is 9.10. The fraction of sp³-hybridized carbons (Fsp3) is 0. The monoisotopic (exact) mass is 347 g/mol. The van der Waals surface area contributed by atoms with Gasteiger partial charge in [0, 0.05) is 69.5 Å². The summed E-state index contributed by atoms with van der Waals surface area (Å²) in [6.07, 6.45) is 0. The molecule has 0 aromatic carbocycles. The Bertz CT molecular complexity index is 91.5. The topological polar surface area (TPSA) is 138 Å². The van der Waals surface area contributed by atoms with E-state index in [4.69, 9.17) is 19.8 Å². The van der Waals surface area contributed by atoms with E-state index >= 15 is 0 Å². The van der Waals surface area contributed by atoms with Crippen molar-refractivity contribution in [2.45, 2.75) is 0 Å². The molecule has 0 atom stereocenters. The Morgan fingerprint density at radius 2 is 1.00 bits per heavy atom. The van der Waals surface area contributed by atoms with E-state index < -0.39 is 11.9 Å². The van der Waals surface area contributed by atoms with Crippen molar-refractivity contribution in [3.63, 3.8) is 0 Å². The van der Waals surface area contributed by atoms with Gasteiger partial charge in [-0.3, -0.25) is 0 Å². The summed E-state index contributed by atoms with van der Waals surface area (Å²) in [6, 6.07) is 0. The normalized spacial score (nSPS) is 3.67. The molecule has 0 saturated carbocycles. The van der Waals surface area contributed by atoms with Gasteiger partial charge in [0.1, 0.15) is 0 Å². The molecular weight excluding hydrogens is 341 g/mol. The summed E-state index contributed by atoms with van der Waals surface area (Å²) in [7, 11) is 0. The van der Waals surface area contributed by atoms with Gasteiger partial charge < -0.3 is 21.2 Å². The van der Waals surface area contributed by atoms with Crippen LogP contribution in [0.15, 0.2) is 0 Å². The third-order valence-electron chi connectivity index (χ3n) is 0.183. The number of carbonyl (C=O) groups is 2. The number of carboxylic acids is 2. The van der Waals surface area contributed by atoms with Crippen LogP contribution in [0, 0.1) is 0 Å². The molecule has 0 aliphatic carbocycles. The maximum absolute atomic E-state index is 9.10. The molecule has 6 nitrogen and oxygen atoms in total. The van der Waals surface area contributed by atoms with E-state index in [0.717, 1.165) is 0 Å². The van der Waals surface area contributed by atoms with Crippen LogP contribution in [0.1, 0.15) is 0 Å². The van der Waals surface area contributed by atoms with E-state index in [9.17, 15) is 0 Å². The Morgan fingerprint density at radius 3 is 1.00 bits per heavy atom. The summed E-state index contributed by atoms with van der Waals surface area (Å²) >= 11 is 0. The first-order chi connectivity index (χ1) is 2.64. The molecule has 0 aromatic rings. The van der Waals surface area contributed by atoms with Gasteiger partial charge in [-0.1, -0.05) is 0 Å². The predicted octanol–water partition coefficient (Wildman–Crippen LogP) is -2.50. The molecule has 0 heterocycles. The third kappa shape index (κ3) is 44.0. The van der Waals surface area contributed by atoms with Crippen molar-refractivity contribution < 1.29 is 100 Å². The van der Waals surface area contributed by atoms with Crippen molar-refractivity contribution in [1.29, 1.82) is 0 Å². The van der Waals surface area contributed by atoms with E-state index in [1.165, 1.54) is 0 Å². The molecule has 0 spiro atoms. The molecule has 12 heavy (non-hydrogen) atoms. The van der Waals surface area contributed by atoms with Crippen LogP contribution in [0.4, 0.5) is 0 Å². The van der Waals surface area contributed by atoms with Crippen LogP contribution in [0.5, 0.6) is 0 Å². The predicted molar refractivity (Wildman–Crippen MR) is 22.5 cm³/mol. The quantitative estimate of drug-likeness (QED) is 0.370. The average Bonchev–Trinajstić information content (AvgIpc) is 1.36. The van der Waals surface area contributed by atoms with E-state index in [1.54, 1.807) is 0 Å². The van der Waals surface area contributed by atoms with Crippen LogP contribution < -0.4 is 0 Å². The molecule has 0 amide bonds. The molecule has 10 heteroatoms. The van der Waals surface area contributed by atoms with Gasteiger partial charge in [-0.2, -0.15) is 0 Å². The molecule has 0 aromatic heterocycles. The molecule has 0 fully saturated rings. The van der Waals surface area contributed by atoms with Crippen molar-refractivity contribution in [1.82, 2.24) is 0 Å². The number of hydrogen-bond acceptors (Lipinski definition) is 2. The van der Waals surface area contributed by atoms with Gasteiger partial charge in [-0.05, 0) is 0 Å². The van der Waals surface area contributed by atoms with Crippen LogP contribution in [0.25, 0.3) is 0 Å². The molecule has 0 aliphatic rings. The Labute approximate surface area is 111 Å². The zero-order chi connectivity index (χ0) is 5.15. The minimum Gasteiger partial charge on any atom is -0.473 e. The fourth-order valence-corrected chi connectivity index (χ4v) is 0. The van der Waals surface area contributed by atoms with Gasteiger partial charge in [0.2, 0.25) is 0 Å². The van der Waals surface area contributed by atoms with Crippen LogP contribution in [-0.4, -0.2) is 33.1 Å². The molecule has 3 radical (unpaired) electrons. The summed E-state index contributed by atoms with van der Waals surface area (Å²) in [5.41, 5.74) is 0. The Kier molecular flexibility index (Phi) is 129. The summed E-state index contributed by atoms with van der Waals surface area (Å²) in [5.74, 6) is -3.65. The van der Waals surface area contributed by atoms with Gasteiger partial charge in [0.25, 0.3) is 0 Å². The minimum atomic E-state index is -1.82. The smallest absolute Gasteiger partial charge is 0.414 e. The van der Waals surface area contributed by atoms with E-state index in [1.807, 2.05) is 0 Å². The van der Waals surface area contributed by atoms with Gasteiger partial charge in [-0.15, -0.1) is 0 Å². The largest absolute Gasteiger partial charge is 0.473 e. The molecule has 79 valence electrons. The Morgan fingerprint density at radius 1 is 0.917 bits per heavy atom. The van der Waals surface area contributed by atoms with Gasteiger partial charge in [0.05, 0.1) is 0 Å². The van der Waals surface area contributed by atoms with E-state index in [2.05, 4.69) is 0 Å². The number of hydrogen-bond donors (Lipinski definition) is 2. The van der Waals surface area contributed by atoms with Gasteiger partial charge >= 0.3 is 11.9 Å². The van der Waals surface area contributed by atoms with Crippen LogP contribution in [0.2, 0.25) is 0 Å². The van der Waals surface area contributed by atoms with Crippen molar-refractivity contribution in [3.8, 4) is 0 Å². The SMILES string of the molecule is O.O.O=C(O)C(=O)O.[Co].[Fe].[Mn].[V]. The third-order valence-corrected chi connectivity index (χ3v) is 0.183. The van der Waals surface area contributed by atoms with Crippen LogP contribution >= 0.6 is 0 Å². The number of aliphatic carboxylic acids is 2. The first-order valence-corrected chi connectivity index (χ1v) is 1.11. The van der Waals surface area contributed by atoms with Crippen molar-refractivity contribution in [3.05, 3.63) is 0 Å². The molecule has 0 aliphatic heterocycles. The molecule has 0 unspecified atom stereocenters. The first kappa shape index (κ1) is 52.0. The zero-order valence-electron chi connectivity index (χ0n) is 5.22. The van der Waals surface area contributed by atoms with Crippen molar-refractivity contribution in [2.24, 2.45) is 0 Å². The van der Waals surface area contributed by atoms with Crippen molar-refractivity contribution in [2.75, 3.05) is 0 Å². The molecule has 0 bridgehead atoms. The molecule has 6 N–H and O–H groups in total. The average molecular weight is 347 g/mol. The summed E-state index contributed by atoms with van der Waals surface area (Å²) in [4.78, 5) is 18.2. The standard InChI is InChI=1S/C2H2O4.Co.Fe.Mn.2H2O.V/c3-1(4)2(5)6;;;;;;/h(H,3,4)(H,5,6);;;;2*1H2;. The van der Waals surface area contributed by atoms with Crippen LogP contribution in [0.3, 0.4) is 0 Å². The first-order valence-electron chi connectivity index (χ1n) is 1.11. The summed E-state index contributed by atoms with van der Waals surface area (Å²) in [5, 5.41) is 14.8. The molecule has 0 saturated heterocycles. The fourth-order valence-electron chi connectivity index (χ4n) is 0. The zero-order valence-corrected chi connectivity index (χ0v) is 9.95. The number of carboxylic acid groups (broad SMARTS) is 2. The summed E-state index contributed by atoms with van der Waals surface area (Å²) in [6.45, 7) is 0. The Hall–Kier alpha value is 0.990. The van der Waals surface area contributed by atoms with Crippen molar-refractivity contribution >= 4 is 11.9 Å². The second-order valence-electron chi connectivity index (χ2n) is 0.610. The van der Waals surface area contributed by atoms with Gasteiger partial charge in [-0.25, -0.2) is 9.59 Å². The second kappa shape index (κ2) is 29.6. The van der Waals surface area contributed by atoms with E-state index in [-0.39, 0.29) is 80.4 Å². The Balaban J connectivity index is -0.00000000833. The number of rotatable bonds is 0.